The topological polar surface area (TPSA) is 71.1 Å². The molecule has 31 heavy (non-hydrogen) atoms. The van der Waals surface area contributed by atoms with Crippen LogP contribution in [0.1, 0.15) is 102 Å². The minimum atomic E-state index is 0.0796. The van der Waals surface area contributed by atoms with Gasteiger partial charge in [0.05, 0.1) is 19.3 Å². The average Bonchev–Trinajstić information content (AvgIpc) is 3.53. The van der Waals surface area contributed by atoms with E-state index in [-0.39, 0.29) is 11.7 Å². The van der Waals surface area contributed by atoms with Crippen molar-refractivity contribution in [2.45, 2.75) is 116 Å². The van der Waals surface area contributed by atoms with E-state index < -0.39 is 0 Å². The molecule has 0 bridgehead atoms. The minimum Gasteiger partial charge on any atom is -0.504 e. The van der Waals surface area contributed by atoms with E-state index in [1.165, 1.54) is 77.7 Å². The van der Waals surface area contributed by atoms with Crippen LogP contribution < -0.4 is 10.1 Å². The van der Waals surface area contributed by atoms with Crippen molar-refractivity contribution >= 4 is 5.91 Å². The molecule has 2 N–H and O–H groups in total. The third-order valence-corrected chi connectivity index (χ3v) is 6.16. The summed E-state index contributed by atoms with van der Waals surface area (Å²) in [5.41, 5.74) is 0.917. The van der Waals surface area contributed by atoms with E-state index in [9.17, 15) is 9.90 Å². The fourth-order valence-electron chi connectivity index (χ4n) is 4.10. The number of ether oxygens (including phenoxy) is 2. The van der Waals surface area contributed by atoms with E-state index in [2.05, 4.69) is 12.2 Å². The Morgan fingerprint density at radius 3 is 2.23 bits per heavy atom. The number of rotatable bonds is 18. The van der Waals surface area contributed by atoms with Crippen molar-refractivity contribution in [3.8, 4) is 11.5 Å². The molecule has 176 valence electrons. The Morgan fingerprint density at radius 2 is 1.58 bits per heavy atom. The number of benzene rings is 1. The van der Waals surface area contributed by atoms with Crippen molar-refractivity contribution in [2.24, 2.45) is 0 Å². The Morgan fingerprint density at radius 1 is 0.968 bits per heavy atom. The first-order valence-electron chi connectivity index (χ1n) is 12.4. The molecule has 1 aliphatic rings. The SMILES string of the molecule is CCCCCCCC[C@H]1O[C@H]1CCCCCCCC(=O)NCc1ccc(O)c(OC)c1. The van der Waals surface area contributed by atoms with Gasteiger partial charge in [-0.15, -0.1) is 0 Å². The molecule has 1 heterocycles. The van der Waals surface area contributed by atoms with E-state index in [0.29, 0.717) is 30.9 Å². The summed E-state index contributed by atoms with van der Waals surface area (Å²) < 4.78 is 10.9. The number of unbranched alkanes of at least 4 members (excludes halogenated alkanes) is 9. The Balaban J connectivity index is 1.38. The lowest BCUT2D eigenvalue weighted by atomic mass is 10.0. The summed E-state index contributed by atoms with van der Waals surface area (Å²) in [6.45, 7) is 2.72. The minimum absolute atomic E-state index is 0.0796. The first-order chi connectivity index (χ1) is 15.1. The zero-order valence-corrected chi connectivity index (χ0v) is 19.7. The van der Waals surface area contributed by atoms with Gasteiger partial charge in [-0.25, -0.2) is 0 Å². The Hall–Kier alpha value is -1.75. The highest BCUT2D eigenvalue weighted by molar-refractivity contribution is 5.75. The van der Waals surface area contributed by atoms with Gasteiger partial charge in [0.1, 0.15) is 0 Å². The summed E-state index contributed by atoms with van der Waals surface area (Å²) in [4.78, 5) is 12.0. The molecule has 2 rings (SSSR count). The number of epoxide rings is 1. The lowest BCUT2D eigenvalue weighted by Crippen LogP contribution is -2.22. The molecule has 1 aromatic rings. The molecule has 0 aliphatic carbocycles. The van der Waals surface area contributed by atoms with Gasteiger partial charge >= 0.3 is 0 Å². The quantitative estimate of drug-likeness (QED) is 0.211. The highest BCUT2D eigenvalue weighted by atomic mass is 16.6. The number of hydrogen-bond donors (Lipinski definition) is 2. The number of carbonyl (C=O) groups excluding carboxylic acids is 1. The Bertz CT molecular complexity index is 634. The van der Waals surface area contributed by atoms with Crippen LogP contribution in [0.4, 0.5) is 0 Å². The average molecular weight is 434 g/mol. The largest absolute Gasteiger partial charge is 0.504 e. The van der Waals surface area contributed by atoms with Gasteiger partial charge < -0.3 is 19.9 Å². The van der Waals surface area contributed by atoms with Gasteiger partial charge in [0.15, 0.2) is 11.5 Å². The van der Waals surface area contributed by atoms with Crippen LogP contribution in [0.15, 0.2) is 18.2 Å². The van der Waals surface area contributed by atoms with Crippen LogP contribution in [-0.4, -0.2) is 30.3 Å². The van der Waals surface area contributed by atoms with E-state index in [0.717, 1.165) is 18.4 Å². The molecule has 0 saturated carbocycles. The van der Waals surface area contributed by atoms with Crippen LogP contribution in [0, 0.1) is 0 Å². The first kappa shape index (κ1) is 25.5. The second-order valence-electron chi connectivity index (χ2n) is 8.86. The van der Waals surface area contributed by atoms with Crippen LogP contribution in [0.25, 0.3) is 0 Å². The highest BCUT2D eigenvalue weighted by Crippen LogP contribution is 2.32. The number of phenolic OH excluding ortho intramolecular Hbond substituents is 1. The number of aromatic hydroxyl groups is 1. The predicted molar refractivity (Wildman–Crippen MR) is 125 cm³/mol. The molecule has 1 aliphatic heterocycles. The lowest BCUT2D eigenvalue weighted by Gasteiger charge is -2.08. The molecule has 1 amide bonds. The van der Waals surface area contributed by atoms with Crippen LogP contribution in [0.5, 0.6) is 11.5 Å². The van der Waals surface area contributed by atoms with Crippen molar-refractivity contribution in [3.63, 3.8) is 0 Å². The monoisotopic (exact) mass is 433 g/mol. The van der Waals surface area contributed by atoms with Crippen molar-refractivity contribution in [3.05, 3.63) is 23.8 Å². The summed E-state index contributed by atoms with van der Waals surface area (Å²) in [6.07, 6.45) is 18.0. The molecule has 0 spiro atoms. The number of hydrogen-bond acceptors (Lipinski definition) is 4. The van der Waals surface area contributed by atoms with Gasteiger partial charge in [-0.1, -0.05) is 77.2 Å². The van der Waals surface area contributed by atoms with E-state index in [1.54, 1.807) is 18.2 Å². The Kier molecular flexibility index (Phi) is 12.4. The van der Waals surface area contributed by atoms with Gasteiger partial charge in [-0.05, 0) is 37.0 Å². The maximum Gasteiger partial charge on any atom is 0.220 e. The van der Waals surface area contributed by atoms with Gasteiger partial charge in [0.2, 0.25) is 5.91 Å². The van der Waals surface area contributed by atoms with Gasteiger partial charge in [-0.2, -0.15) is 0 Å². The molecular formula is C26H43NO4. The van der Waals surface area contributed by atoms with E-state index in [1.807, 2.05) is 0 Å². The van der Waals surface area contributed by atoms with Crippen molar-refractivity contribution in [2.75, 3.05) is 7.11 Å². The molecule has 1 aromatic carbocycles. The molecule has 0 aromatic heterocycles. The smallest absolute Gasteiger partial charge is 0.220 e. The second kappa shape index (κ2) is 15.1. The van der Waals surface area contributed by atoms with E-state index in [4.69, 9.17) is 9.47 Å². The number of amides is 1. The number of methoxy groups -OCH3 is 1. The molecule has 0 unspecified atom stereocenters. The lowest BCUT2D eigenvalue weighted by molar-refractivity contribution is -0.121. The normalized spacial score (nSPS) is 17.5. The van der Waals surface area contributed by atoms with Crippen molar-refractivity contribution in [1.82, 2.24) is 5.32 Å². The van der Waals surface area contributed by atoms with Crippen LogP contribution in [0.3, 0.4) is 0 Å². The molecular weight excluding hydrogens is 390 g/mol. The van der Waals surface area contributed by atoms with Crippen LogP contribution in [-0.2, 0) is 16.1 Å². The number of carbonyl (C=O) groups is 1. The predicted octanol–water partition coefficient (Wildman–Crippen LogP) is 6.27. The maximum absolute atomic E-state index is 12.0. The zero-order chi connectivity index (χ0) is 22.3. The summed E-state index contributed by atoms with van der Waals surface area (Å²) in [7, 11) is 1.52. The summed E-state index contributed by atoms with van der Waals surface area (Å²) in [5, 5.41) is 12.6. The van der Waals surface area contributed by atoms with Crippen LogP contribution >= 0.6 is 0 Å². The summed E-state index contributed by atoms with van der Waals surface area (Å²) in [6, 6.07) is 5.13. The third-order valence-electron chi connectivity index (χ3n) is 6.16. The Labute approximate surface area is 188 Å². The summed E-state index contributed by atoms with van der Waals surface area (Å²) in [5.74, 6) is 0.618. The zero-order valence-electron chi connectivity index (χ0n) is 19.7. The van der Waals surface area contributed by atoms with E-state index >= 15 is 0 Å². The molecule has 2 atom stereocenters. The standard InChI is InChI=1S/C26H43NO4/c1-3-4-5-6-8-11-14-23-24(31-23)15-12-9-7-10-13-16-26(29)27-20-21-17-18-22(28)25(19-21)30-2/h17-19,23-24,28H,3-16,20H2,1-2H3,(H,27,29)/t23-,24+/m1/s1. The number of nitrogens with one attached hydrogen (secondary N) is 1. The fourth-order valence-corrected chi connectivity index (χ4v) is 4.10. The van der Waals surface area contributed by atoms with Gasteiger partial charge in [0, 0.05) is 13.0 Å². The van der Waals surface area contributed by atoms with Gasteiger partial charge in [-0.3, -0.25) is 4.79 Å². The second-order valence-corrected chi connectivity index (χ2v) is 8.86. The van der Waals surface area contributed by atoms with Crippen LogP contribution in [0.2, 0.25) is 0 Å². The molecule has 5 nitrogen and oxygen atoms in total. The van der Waals surface area contributed by atoms with Crippen molar-refractivity contribution in [1.29, 1.82) is 0 Å². The number of phenols is 1. The third kappa shape index (κ3) is 10.9. The molecule has 0 radical (unpaired) electrons. The molecule has 5 heteroatoms. The fraction of sp³-hybridized carbons (Fsp3) is 0.731. The maximum atomic E-state index is 12.0. The highest BCUT2D eigenvalue weighted by Gasteiger charge is 2.36. The molecule has 1 saturated heterocycles. The van der Waals surface area contributed by atoms with Crippen molar-refractivity contribution < 1.29 is 19.4 Å². The summed E-state index contributed by atoms with van der Waals surface area (Å²) >= 11 is 0. The molecule has 1 fully saturated rings. The first-order valence-corrected chi connectivity index (χ1v) is 12.4. The van der Waals surface area contributed by atoms with Gasteiger partial charge in [0.25, 0.3) is 0 Å².